The van der Waals surface area contributed by atoms with Crippen molar-refractivity contribution in [3.05, 3.63) is 29.8 Å². The molecule has 1 heterocycles. The van der Waals surface area contributed by atoms with Gasteiger partial charge in [-0.15, -0.1) is 0 Å². The maximum absolute atomic E-state index is 13.0. The molecule has 4 rings (SSSR count). The van der Waals surface area contributed by atoms with Gasteiger partial charge < -0.3 is 24.6 Å². The molecule has 0 aromatic heterocycles. The van der Waals surface area contributed by atoms with Crippen LogP contribution in [0.15, 0.2) is 24.3 Å². The van der Waals surface area contributed by atoms with Gasteiger partial charge in [-0.3, -0.25) is 4.79 Å². The molecular weight excluding hydrogens is 484 g/mol. The average molecular weight is 525 g/mol. The van der Waals surface area contributed by atoms with Crippen LogP contribution in [0.2, 0.25) is 0 Å². The molecule has 7 unspecified atom stereocenters. The summed E-state index contributed by atoms with van der Waals surface area (Å²) >= 11 is 0. The Kier molecular flexibility index (Phi) is 8.02. The van der Waals surface area contributed by atoms with Crippen molar-refractivity contribution in [1.29, 1.82) is 0 Å². The fourth-order valence-corrected chi connectivity index (χ4v) is 7.37. The number of nitrogens with one attached hydrogen (secondary N) is 2. The second-order valence-corrected chi connectivity index (χ2v) is 13.0. The van der Waals surface area contributed by atoms with Crippen molar-refractivity contribution >= 4 is 15.9 Å². The highest BCUT2D eigenvalue weighted by Crippen LogP contribution is 2.62. The number of amides is 1. The molecule has 0 radical (unpaired) electrons. The molecule has 2 saturated carbocycles. The van der Waals surface area contributed by atoms with Crippen LogP contribution in [-0.4, -0.2) is 64.4 Å². The van der Waals surface area contributed by atoms with E-state index in [0.29, 0.717) is 19.6 Å². The van der Waals surface area contributed by atoms with Crippen LogP contribution in [0.3, 0.4) is 0 Å². The highest BCUT2D eigenvalue weighted by atomic mass is 32.2. The molecule has 10 heteroatoms. The standard InChI is InChI=1S/C26H40N2O7S/c1-25-12-11-22-26(2,16-34-24(35-22)15-28-36(4,31)32)21(25)10-9-19(29)18(25)13-23(30)27-14-17-7-5-6-8-20(17)33-3/h5-8,18-19,21-22,24,28-29H,9-16H2,1-4H3,(H,27,30). The molecule has 7 atom stereocenters. The second-order valence-electron chi connectivity index (χ2n) is 11.1. The zero-order valence-electron chi connectivity index (χ0n) is 21.7. The zero-order valence-corrected chi connectivity index (χ0v) is 22.5. The van der Waals surface area contributed by atoms with E-state index >= 15 is 0 Å². The Morgan fingerprint density at radius 3 is 2.67 bits per heavy atom. The lowest BCUT2D eigenvalue weighted by molar-refractivity contribution is -0.305. The van der Waals surface area contributed by atoms with Crippen LogP contribution in [0.1, 0.15) is 51.5 Å². The van der Waals surface area contributed by atoms with E-state index in [0.717, 1.165) is 36.8 Å². The molecule has 3 N–H and O–H groups in total. The third-order valence-corrected chi connectivity index (χ3v) is 9.51. The van der Waals surface area contributed by atoms with Crippen molar-refractivity contribution in [3.8, 4) is 5.75 Å². The fourth-order valence-electron chi connectivity index (χ4n) is 6.93. The molecule has 3 fully saturated rings. The lowest BCUT2D eigenvalue weighted by Gasteiger charge is -2.63. The molecule has 0 spiro atoms. The van der Waals surface area contributed by atoms with Gasteiger partial charge in [0, 0.05) is 23.9 Å². The summed E-state index contributed by atoms with van der Waals surface area (Å²) in [6.07, 6.45) is 3.22. The second kappa shape index (κ2) is 10.6. The van der Waals surface area contributed by atoms with E-state index in [4.69, 9.17) is 14.2 Å². The van der Waals surface area contributed by atoms with Crippen molar-refractivity contribution < 1.29 is 32.5 Å². The first kappa shape index (κ1) is 27.3. The highest BCUT2D eigenvalue weighted by Gasteiger charge is 2.61. The number of carbonyl (C=O) groups is 1. The molecule has 0 bridgehead atoms. The summed E-state index contributed by atoms with van der Waals surface area (Å²) in [4.78, 5) is 13.0. The molecule has 9 nitrogen and oxygen atoms in total. The van der Waals surface area contributed by atoms with E-state index < -0.39 is 22.4 Å². The first-order valence-corrected chi connectivity index (χ1v) is 14.6. The highest BCUT2D eigenvalue weighted by molar-refractivity contribution is 7.88. The number of rotatable bonds is 8. The van der Waals surface area contributed by atoms with Gasteiger partial charge in [0.15, 0.2) is 6.29 Å². The summed E-state index contributed by atoms with van der Waals surface area (Å²) in [5.74, 6) is 0.692. The van der Waals surface area contributed by atoms with Gasteiger partial charge in [-0.25, -0.2) is 13.1 Å². The zero-order chi connectivity index (χ0) is 26.1. The molecule has 1 aliphatic heterocycles. The predicted molar refractivity (Wildman–Crippen MR) is 135 cm³/mol. The van der Waals surface area contributed by atoms with Crippen molar-refractivity contribution in [1.82, 2.24) is 10.0 Å². The number of carbonyl (C=O) groups excluding carboxylic acids is 1. The number of para-hydroxylation sites is 1. The van der Waals surface area contributed by atoms with Gasteiger partial charge in [-0.2, -0.15) is 0 Å². The van der Waals surface area contributed by atoms with Crippen molar-refractivity contribution in [2.24, 2.45) is 22.7 Å². The third kappa shape index (κ3) is 5.57. The molecule has 1 saturated heterocycles. The number of benzene rings is 1. The summed E-state index contributed by atoms with van der Waals surface area (Å²) in [6, 6.07) is 7.60. The topological polar surface area (TPSA) is 123 Å². The molecular formula is C26H40N2O7S. The lowest BCUT2D eigenvalue weighted by atomic mass is 9.46. The van der Waals surface area contributed by atoms with E-state index in [1.165, 1.54) is 0 Å². The Morgan fingerprint density at radius 2 is 1.94 bits per heavy atom. The number of sulfonamides is 1. The molecule has 1 aromatic carbocycles. The van der Waals surface area contributed by atoms with Gasteiger partial charge >= 0.3 is 0 Å². The summed E-state index contributed by atoms with van der Waals surface area (Å²) < 4.78 is 43.0. The molecule has 202 valence electrons. The number of aliphatic hydroxyl groups is 1. The van der Waals surface area contributed by atoms with Crippen LogP contribution in [0.4, 0.5) is 0 Å². The first-order chi connectivity index (χ1) is 17.0. The molecule has 1 aromatic rings. The normalized spacial score (nSPS) is 36.4. The van der Waals surface area contributed by atoms with Gasteiger partial charge in [-0.05, 0) is 49.0 Å². The van der Waals surface area contributed by atoms with Crippen LogP contribution < -0.4 is 14.8 Å². The van der Waals surface area contributed by atoms with Crippen LogP contribution in [-0.2, 0) is 30.8 Å². The fraction of sp³-hybridized carbons (Fsp3) is 0.731. The summed E-state index contributed by atoms with van der Waals surface area (Å²) in [5, 5.41) is 14.0. The summed E-state index contributed by atoms with van der Waals surface area (Å²) in [6.45, 7) is 5.29. The number of aliphatic hydroxyl groups excluding tert-OH is 1. The van der Waals surface area contributed by atoms with Gasteiger partial charge in [0.05, 0.1) is 38.7 Å². The maximum Gasteiger partial charge on any atom is 0.220 e. The number of methoxy groups -OCH3 is 1. The van der Waals surface area contributed by atoms with E-state index in [2.05, 4.69) is 23.9 Å². The van der Waals surface area contributed by atoms with Crippen molar-refractivity contribution in [3.63, 3.8) is 0 Å². The SMILES string of the molecule is COc1ccccc1CNC(=O)CC1C(O)CCC2C3(C)COC(CNS(C)(=O)=O)OC3CCC12C. The predicted octanol–water partition coefficient (Wildman–Crippen LogP) is 2.19. The summed E-state index contributed by atoms with van der Waals surface area (Å²) in [7, 11) is -1.72. The van der Waals surface area contributed by atoms with Gasteiger partial charge in [-0.1, -0.05) is 32.0 Å². The van der Waals surface area contributed by atoms with Crippen LogP contribution >= 0.6 is 0 Å². The maximum atomic E-state index is 13.0. The van der Waals surface area contributed by atoms with E-state index in [-0.39, 0.29) is 47.6 Å². The number of hydrogen-bond acceptors (Lipinski definition) is 7. The Bertz CT molecular complexity index is 1050. The Labute approximate surface area is 214 Å². The van der Waals surface area contributed by atoms with Gasteiger partial charge in [0.1, 0.15) is 5.75 Å². The number of fused-ring (bicyclic) bond motifs is 3. The molecule has 1 amide bonds. The van der Waals surface area contributed by atoms with Crippen LogP contribution in [0.25, 0.3) is 0 Å². The minimum absolute atomic E-state index is 0.0639. The first-order valence-electron chi connectivity index (χ1n) is 12.7. The van der Waals surface area contributed by atoms with Gasteiger partial charge in [0.25, 0.3) is 0 Å². The molecule has 36 heavy (non-hydrogen) atoms. The Hall–Kier alpha value is -1.72. The Balaban J connectivity index is 1.43. The van der Waals surface area contributed by atoms with Crippen molar-refractivity contribution in [2.45, 2.75) is 71.0 Å². The van der Waals surface area contributed by atoms with E-state index in [9.17, 15) is 18.3 Å². The molecule has 2 aliphatic carbocycles. The minimum Gasteiger partial charge on any atom is -0.496 e. The van der Waals surface area contributed by atoms with E-state index in [1.54, 1.807) is 7.11 Å². The largest absolute Gasteiger partial charge is 0.496 e. The van der Waals surface area contributed by atoms with Gasteiger partial charge in [0.2, 0.25) is 15.9 Å². The monoisotopic (exact) mass is 524 g/mol. The number of hydrogen-bond donors (Lipinski definition) is 3. The third-order valence-electron chi connectivity index (χ3n) is 8.82. The van der Waals surface area contributed by atoms with Crippen LogP contribution in [0, 0.1) is 22.7 Å². The Morgan fingerprint density at radius 1 is 1.19 bits per heavy atom. The quantitative estimate of drug-likeness (QED) is 0.476. The summed E-state index contributed by atoms with van der Waals surface area (Å²) in [5.41, 5.74) is 0.391. The smallest absolute Gasteiger partial charge is 0.220 e. The minimum atomic E-state index is -3.33. The van der Waals surface area contributed by atoms with Crippen LogP contribution in [0.5, 0.6) is 5.75 Å². The average Bonchev–Trinajstić information content (AvgIpc) is 2.83. The van der Waals surface area contributed by atoms with E-state index in [1.807, 2.05) is 24.3 Å². The lowest BCUT2D eigenvalue weighted by Crippen LogP contribution is -2.63. The molecule has 3 aliphatic rings. The van der Waals surface area contributed by atoms with Crippen molar-refractivity contribution in [2.75, 3.05) is 26.5 Å². The number of ether oxygens (including phenoxy) is 3.